The molecule has 20 heavy (non-hydrogen) atoms. The molecule has 1 amide bonds. The van der Waals surface area contributed by atoms with E-state index in [9.17, 15) is 4.79 Å². The second-order valence-electron chi connectivity index (χ2n) is 4.33. The van der Waals surface area contributed by atoms with Crippen molar-refractivity contribution in [2.45, 2.75) is 12.8 Å². The van der Waals surface area contributed by atoms with E-state index in [0.29, 0.717) is 30.3 Å². The van der Waals surface area contributed by atoms with Crippen molar-refractivity contribution in [3.63, 3.8) is 0 Å². The predicted molar refractivity (Wildman–Crippen MR) is 78.0 cm³/mol. The number of carbonyl (C=O) groups is 1. The zero-order chi connectivity index (χ0) is 14.4. The van der Waals surface area contributed by atoms with Gasteiger partial charge in [-0.05, 0) is 30.7 Å². The van der Waals surface area contributed by atoms with Gasteiger partial charge >= 0.3 is 0 Å². The first-order valence-electron chi connectivity index (χ1n) is 6.31. The van der Waals surface area contributed by atoms with Crippen LogP contribution in [0.4, 0.5) is 5.82 Å². The Morgan fingerprint density at radius 1 is 1.35 bits per heavy atom. The molecule has 1 aromatic heterocycles. The van der Waals surface area contributed by atoms with Crippen molar-refractivity contribution in [1.82, 2.24) is 9.78 Å². The van der Waals surface area contributed by atoms with E-state index in [4.69, 9.17) is 16.3 Å². The number of ether oxygens (including phenoxy) is 1. The van der Waals surface area contributed by atoms with E-state index in [1.54, 1.807) is 48.3 Å². The summed E-state index contributed by atoms with van der Waals surface area (Å²) >= 11 is 5.78. The SMILES string of the molecule is Cn1ccc(NC(=O)CCCOc2ccc(Cl)cc2)n1. The van der Waals surface area contributed by atoms with E-state index in [1.165, 1.54) is 0 Å². The van der Waals surface area contributed by atoms with Crippen LogP contribution in [0.2, 0.25) is 5.02 Å². The number of nitrogens with one attached hydrogen (secondary N) is 1. The summed E-state index contributed by atoms with van der Waals surface area (Å²) in [6, 6.07) is 8.89. The highest BCUT2D eigenvalue weighted by Crippen LogP contribution is 2.15. The van der Waals surface area contributed by atoms with Gasteiger partial charge in [0.05, 0.1) is 6.61 Å². The molecule has 0 aliphatic heterocycles. The molecule has 0 spiro atoms. The average Bonchev–Trinajstić information content (AvgIpc) is 2.82. The number of halogens is 1. The van der Waals surface area contributed by atoms with Crippen molar-refractivity contribution in [3.8, 4) is 5.75 Å². The highest BCUT2D eigenvalue weighted by Gasteiger charge is 2.04. The van der Waals surface area contributed by atoms with Gasteiger partial charge in [-0.15, -0.1) is 0 Å². The third-order valence-corrected chi connectivity index (χ3v) is 2.86. The van der Waals surface area contributed by atoms with Gasteiger partial charge in [0, 0.05) is 30.8 Å². The molecule has 6 heteroatoms. The molecule has 0 unspecified atom stereocenters. The van der Waals surface area contributed by atoms with Gasteiger partial charge in [0.15, 0.2) is 5.82 Å². The number of benzene rings is 1. The van der Waals surface area contributed by atoms with E-state index in [1.807, 2.05) is 0 Å². The quantitative estimate of drug-likeness (QED) is 0.833. The Morgan fingerprint density at radius 3 is 2.75 bits per heavy atom. The van der Waals surface area contributed by atoms with Gasteiger partial charge in [-0.2, -0.15) is 5.10 Å². The lowest BCUT2D eigenvalue weighted by Gasteiger charge is -2.06. The van der Waals surface area contributed by atoms with Crippen LogP contribution in [0.5, 0.6) is 5.75 Å². The summed E-state index contributed by atoms with van der Waals surface area (Å²) in [7, 11) is 1.80. The van der Waals surface area contributed by atoms with Crippen LogP contribution in [0, 0.1) is 0 Å². The van der Waals surface area contributed by atoms with Gasteiger partial charge in [-0.3, -0.25) is 9.48 Å². The van der Waals surface area contributed by atoms with Crippen LogP contribution in [-0.2, 0) is 11.8 Å². The minimum absolute atomic E-state index is 0.0663. The zero-order valence-electron chi connectivity index (χ0n) is 11.2. The highest BCUT2D eigenvalue weighted by atomic mass is 35.5. The van der Waals surface area contributed by atoms with Crippen LogP contribution in [0.15, 0.2) is 36.5 Å². The number of hydrogen-bond donors (Lipinski definition) is 1. The molecule has 2 aromatic rings. The molecule has 0 fully saturated rings. The Balaban J connectivity index is 1.65. The molecule has 0 saturated heterocycles. The molecule has 1 aromatic carbocycles. The molecule has 0 bridgehead atoms. The Hall–Kier alpha value is -2.01. The third-order valence-electron chi connectivity index (χ3n) is 2.61. The maximum atomic E-state index is 11.6. The van der Waals surface area contributed by atoms with Crippen molar-refractivity contribution in [3.05, 3.63) is 41.6 Å². The fourth-order valence-corrected chi connectivity index (χ4v) is 1.77. The number of hydrogen-bond acceptors (Lipinski definition) is 3. The summed E-state index contributed by atoms with van der Waals surface area (Å²) in [6.07, 6.45) is 2.81. The van der Waals surface area contributed by atoms with Gasteiger partial charge < -0.3 is 10.1 Å². The van der Waals surface area contributed by atoms with Gasteiger partial charge in [0.25, 0.3) is 0 Å². The number of anilines is 1. The summed E-state index contributed by atoms with van der Waals surface area (Å²) in [4.78, 5) is 11.6. The molecule has 0 aliphatic carbocycles. The van der Waals surface area contributed by atoms with Gasteiger partial charge in [0.1, 0.15) is 5.75 Å². The minimum Gasteiger partial charge on any atom is -0.494 e. The number of nitrogens with zero attached hydrogens (tertiary/aromatic N) is 2. The summed E-state index contributed by atoms with van der Waals surface area (Å²) in [5.41, 5.74) is 0. The summed E-state index contributed by atoms with van der Waals surface area (Å²) in [5, 5.41) is 7.47. The smallest absolute Gasteiger partial charge is 0.225 e. The maximum Gasteiger partial charge on any atom is 0.225 e. The van der Waals surface area contributed by atoms with Crippen molar-refractivity contribution in [2.75, 3.05) is 11.9 Å². The summed E-state index contributed by atoms with van der Waals surface area (Å²) < 4.78 is 7.15. The first-order chi connectivity index (χ1) is 9.63. The van der Waals surface area contributed by atoms with Gasteiger partial charge in [0.2, 0.25) is 5.91 Å². The summed E-state index contributed by atoms with van der Waals surface area (Å²) in [6.45, 7) is 0.483. The fraction of sp³-hybridized carbons (Fsp3) is 0.286. The largest absolute Gasteiger partial charge is 0.494 e. The molecule has 0 atom stereocenters. The Morgan fingerprint density at radius 2 is 2.10 bits per heavy atom. The van der Waals surface area contributed by atoms with E-state index in [-0.39, 0.29) is 5.91 Å². The van der Waals surface area contributed by atoms with Crippen molar-refractivity contribution < 1.29 is 9.53 Å². The van der Waals surface area contributed by atoms with Crippen LogP contribution in [0.25, 0.3) is 0 Å². The molecule has 2 rings (SSSR count). The molecule has 1 heterocycles. The maximum absolute atomic E-state index is 11.6. The molecular weight excluding hydrogens is 278 g/mol. The van der Waals surface area contributed by atoms with E-state index < -0.39 is 0 Å². The second-order valence-corrected chi connectivity index (χ2v) is 4.77. The number of rotatable bonds is 6. The molecule has 0 radical (unpaired) electrons. The van der Waals surface area contributed by atoms with E-state index in [2.05, 4.69) is 10.4 Å². The van der Waals surface area contributed by atoms with E-state index >= 15 is 0 Å². The van der Waals surface area contributed by atoms with Crippen molar-refractivity contribution in [1.29, 1.82) is 0 Å². The predicted octanol–water partition coefficient (Wildman–Crippen LogP) is 2.87. The third kappa shape index (κ3) is 4.59. The minimum atomic E-state index is -0.0663. The Kier molecular flexibility index (Phi) is 5.01. The molecule has 106 valence electrons. The van der Waals surface area contributed by atoms with Gasteiger partial charge in [-0.25, -0.2) is 0 Å². The van der Waals surface area contributed by atoms with Crippen molar-refractivity contribution in [2.24, 2.45) is 7.05 Å². The highest BCUT2D eigenvalue weighted by molar-refractivity contribution is 6.30. The first-order valence-corrected chi connectivity index (χ1v) is 6.69. The van der Waals surface area contributed by atoms with E-state index in [0.717, 1.165) is 5.75 Å². The molecule has 0 saturated carbocycles. The van der Waals surface area contributed by atoms with Crippen LogP contribution in [0.3, 0.4) is 0 Å². The topological polar surface area (TPSA) is 56.2 Å². The lowest BCUT2D eigenvalue weighted by molar-refractivity contribution is -0.116. The Bertz CT molecular complexity index is 566. The average molecular weight is 294 g/mol. The number of carbonyl (C=O) groups excluding carboxylic acids is 1. The Labute approximate surface area is 122 Å². The fourth-order valence-electron chi connectivity index (χ4n) is 1.64. The number of aryl methyl sites for hydroxylation is 1. The number of aromatic nitrogens is 2. The standard InChI is InChI=1S/C14H16ClN3O2/c1-18-9-8-13(17-18)16-14(19)3-2-10-20-12-6-4-11(15)5-7-12/h4-9H,2-3,10H2,1H3,(H,16,17,19). The van der Waals surface area contributed by atoms with Crippen LogP contribution in [-0.4, -0.2) is 22.3 Å². The van der Waals surface area contributed by atoms with Crippen LogP contribution in [0.1, 0.15) is 12.8 Å². The zero-order valence-corrected chi connectivity index (χ0v) is 11.9. The molecule has 5 nitrogen and oxygen atoms in total. The lowest BCUT2D eigenvalue weighted by Crippen LogP contribution is -2.13. The number of amides is 1. The molecular formula is C14H16ClN3O2. The molecule has 0 aliphatic rings. The monoisotopic (exact) mass is 293 g/mol. The van der Waals surface area contributed by atoms with Crippen LogP contribution >= 0.6 is 11.6 Å². The second kappa shape index (κ2) is 6.96. The van der Waals surface area contributed by atoms with Gasteiger partial charge in [-0.1, -0.05) is 11.6 Å². The normalized spacial score (nSPS) is 10.3. The summed E-state index contributed by atoms with van der Waals surface area (Å²) in [5.74, 6) is 1.25. The van der Waals surface area contributed by atoms with Crippen molar-refractivity contribution >= 4 is 23.3 Å². The molecule has 1 N–H and O–H groups in total. The van der Waals surface area contributed by atoms with Crippen LogP contribution < -0.4 is 10.1 Å². The lowest BCUT2D eigenvalue weighted by atomic mass is 10.3. The first kappa shape index (κ1) is 14.4.